The Morgan fingerprint density at radius 3 is 2.66 bits per heavy atom. The van der Waals surface area contributed by atoms with Gasteiger partial charge in [0, 0.05) is 62.6 Å². The second-order valence-corrected chi connectivity index (χ2v) is 9.92. The molecule has 0 saturated carbocycles. The minimum atomic E-state index is -0.139. The van der Waals surface area contributed by atoms with Gasteiger partial charge in [-0.25, -0.2) is 9.97 Å². The molecule has 0 spiro atoms. The van der Waals surface area contributed by atoms with Gasteiger partial charge in [-0.05, 0) is 63.6 Å². The van der Waals surface area contributed by atoms with Crippen molar-refractivity contribution in [3.63, 3.8) is 0 Å². The molecule has 1 N–H and O–H groups in total. The molecule has 32 heavy (non-hydrogen) atoms. The molecule has 6 nitrogen and oxygen atoms in total. The van der Waals surface area contributed by atoms with Crippen LogP contribution in [-0.4, -0.2) is 65.8 Å². The van der Waals surface area contributed by atoms with Gasteiger partial charge in [0.15, 0.2) is 0 Å². The van der Waals surface area contributed by atoms with Gasteiger partial charge in [-0.2, -0.15) is 0 Å². The minimum Gasteiger partial charge on any atom is -0.393 e. The number of para-hydroxylation sites is 1. The van der Waals surface area contributed by atoms with Crippen LogP contribution < -0.4 is 9.80 Å². The Labute approximate surface area is 192 Å². The van der Waals surface area contributed by atoms with Crippen molar-refractivity contribution in [3.05, 3.63) is 46.9 Å². The number of piperidine rings is 2. The van der Waals surface area contributed by atoms with Crippen LogP contribution in [0, 0.1) is 6.92 Å². The number of anilines is 2. The smallest absolute Gasteiger partial charge is 0.135 e. The number of aromatic nitrogens is 2. The Bertz CT molecular complexity index is 940. The van der Waals surface area contributed by atoms with E-state index >= 15 is 0 Å². The van der Waals surface area contributed by atoms with Crippen molar-refractivity contribution in [1.29, 1.82) is 0 Å². The normalized spacial score (nSPS) is 22.8. The lowest BCUT2D eigenvalue weighted by Gasteiger charge is -2.36. The lowest BCUT2D eigenvalue weighted by Crippen LogP contribution is -2.38. The molecule has 2 saturated heterocycles. The predicted octanol–water partition coefficient (Wildman–Crippen LogP) is 3.51. The fourth-order valence-corrected chi connectivity index (χ4v) is 5.70. The van der Waals surface area contributed by atoms with Crippen LogP contribution in [0.3, 0.4) is 0 Å². The number of nitrogens with zero attached hydrogens (tertiary/aromatic N) is 5. The van der Waals surface area contributed by atoms with Gasteiger partial charge in [-0.15, -0.1) is 0 Å². The van der Waals surface area contributed by atoms with E-state index < -0.39 is 0 Å². The summed E-state index contributed by atoms with van der Waals surface area (Å²) in [6, 6.07) is 8.83. The minimum absolute atomic E-state index is 0.139. The zero-order valence-electron chi connectivity index (χ0n) is 19.6. The first kappa shape index (κ1) is 21.7. The first-order valence-electron chi connectivity index (χ1n) is 12.4. The van der Waals surface area contributed by atoms with Gasteiger partial charge in [0.05, 0.1) is 6.10 Å². The molecule has 0 aliphatic carbocycles. The molecule has 0 radical (unpaired) electrons. The third kappa shape index (κ3) is 4.48. The summed E-state index contributed by atoms with van der Waals surface area (Å²) < 4.78 is 0. The average Bonchev–Trinajstić information content (AvgIpc) is 2.81. The standard InChI is InChI=1S/C26H37N5O/c1-19-23-9-6-13-29(2)26(23)28-25(27-19)21-8-5-14-30(18-21)17-20-7-3-4-10-24(20)31-15-11-22(32)12-16-31/h3-4,7,10,21-22,32H,5-6,8-9,11-18H2,1-2H3/t21-/m1/s1. The van der Waals surface area contributed by atoms with E-state index in [-0.39, 0.29) is 6.10 Å². The first-order valence-corrected chi connectivity index (χ1v) is 12.4. The summed E-state index contributed by atoms with van der Waals surface area (Å²) in [5.41, 5.74) is 5.25. The molecule has 3 aliphatic heterocycles. The number of hydrogen-bond donors (Lipinski definition) is 1. The molecule has 6 heteroatoms. The predicted molar refractivity (Wildman–Crippen MR) is 130 cm³/mol. The van der Waals surface area contributed by atoms with Crippen molar-refractivity contribution in [1.82, 2.24) is 14.9 Å². The number of benzene rings is 1. The van der Waals surface area contributed by atoms with Gasteiger partial charge in [-0.1, -0.05) is 18.2 Å². The summed E-state index contributed by atoms with van der Waals surface area (Å²) in [7, 11) is 2.16. The summed E-state index contributed by atoms with van der Waals surface area (Å²) in [5, 5.41) is 9.90. The lowest BCUT2D eigenvalue weighted by molar-refractivity contribution is 0.145. The van der Waals surface area contributed by atoms with E-state index in [2.05, 4.69) is 52.9 Å². The van der Waals surface area contributed by atoms with Crippen molar-refractivity contribution in [2.75, 3.05) is 49.6 Å². The number of fused-ring (bicyclic) bond motifs is 1. The van der Waals surface area contributed by atoms with E-state index in [0.29, 0.717) is 5.92 Å². The Hall–Kier alpha value is -2.18. The molecule has 0 amide bonds. The maximum atomic E-state index is 9.90. The molecule has 3 aliphatic rings. The quantitative estimate of drug-likeness (QED) is 0.793. The maximum Gasteiger partial charge on any atom is 0.135 e. The summed E-state index contributed by atoms with van der Waals surface area (Å²) in [5.74, 6) is 2.60. The number of aliphatic hydroxyl groups excluding tert-OH is 1. The van der Waals surface area contributed by atoms with Gasteiger partial charge >= 0.3 is 0 Å². The van der Waals surface area contributed by atoms with Crippen LogP contribution in [0.4, 0.5) is 11.5 Å². The van der Waals surface area contributed by atoms with Gasteiger partial charge in [0.2, 0.25) is 0 Å². The first-order chi connectivity index (χ1) is 15.6. The van der Waals surface area contributed by atoms with Gasteiger partial charge in [-0.3, -0.25) is 4.90 Å². The van der Waals surface area contributed by atoms with Crippen LogP contribution in [0.15, 0.2) is 24.3 Å². The SMILES string of the molecule is Cc1nc([C@@H]2CCCN(Cc3ccccc3N3CCC(O)CC3)C2)nc2c1CCCN2C. The Morgan fingerprint density at radius 2 is 1.81 bits per heavy atom. The van der Waals surface area contributed by atoms with E-state index in [9.17, 15) is 5.11 Å². The molecule has 1 atom stereocenters. The number of hydrogen-bond acceptors (Lipinski definition) is 6. The maximum absolute atomic E-state index is 9.90. The van der Waals surface area contributed by atoms with Crippen LogP contribution in [0.5, 0.6) is 0 Å². The molecule has 1 aromatic carbocycles. The molecule has 2 aromatic rings. The van der Waals surface area contributed by atoms with Crippen LogP contribution >= 0.6 is 0 Å². The zero-order valence-corrected chi connectivity index (χ0v) is 19.6. The van der Waals surface area contributed by atoms with E-state index in [1.807, 2.05) is 0 Å². The molecule has 5 rings (SSSR count). The van der Waals surface area contributed by atoms with Crippen LogP contribution in [0.2, 0.25) is 0 Å². The highest BCUT2D eigenvalue weighted by Gasteiger charge is 2.28. The van der Waals surface area contributed by atoms with Crippen LogP contribution in [0.25, 0.3) is 0 Å². The van der Waals surface area contributed by atoms with Crippen LogP contribution in [0.1, 0.15) is 60.7 Å². The van der Waals surface area contributed by atoms with E-state index in [1.54, 1.807) is 0 Å². The third-order valence-corrected chi connectivity index (χ3v) is 7.55. The number of aryl methyl sites for hydroxylation is 1. The molecule has 0 unspecified atom stereocenters. The van der Waals surface area contributed by atoms with Crippen molar-refractivity contribution >= 4 is 11.5 Å². The van der Waals surface area contributed by atoms with Gasteiger partial charge in [0.25, 0.3) is 0 Å². The number of rotatable bonds is 4. The fraction of sp³-hybridized carbons (Fsp3) is 0.615. The van der Waals surface area contributed by atoms with E-state index in [4.69, 9.17) is 9.97 Å². The molecule has 1 aromatic heterocycles. The van der Waals surface area contributed by atoms with Gasteiger partial charge in [0.1, 0.15) is 11.6 Å². The van der Waals surface area contributed by atoms with E-state index in [1.165, 1.54) is 41.8 Å². The van der Waals surface area contributed by atoms with Crippen molar-refractivity contribution in [2.45, 2.75) is 64.0 Å². The lowest BCUT2D eigenvalue weighted by atomic mass is 9.95. The Balaban J connectivity index is 1.32. The number of aliphatic hydroxyl groups is 1. The monoisotopic (exact) mass is 435 g/mol. The molecule has 172 valence electrons. The molecule has 0 bridgehead atoms. The molecule has 4 heterocycles. The summed E-state index contributed by atoms with van der Waals surface area (Å²) in [6.07, 6.45) is 6.25. The van der Waals surface area contributed by atoms with Crippen molar-refractivity contribution < 1.29 is 5.11 Å². The van der Waals surface area contributed by atoms with E-state index in [0.717, 1.165) is 70.2 Å². The van der Waals surface area contributed by atoms with Crippen molar-refractivity contribution in [2.24, 2.45) is 0 Å². The summed E-state index contributed by atoms with van der Waals surface area (Å²) in [4.78, 5) is 17.4. The highest BCUT2D eigenvalue weighted by molar-refractivity contribution is 5.54. The molecular formula is C26H37N5O. The molecular weight excluding hydrogens is 398 g/mol. The second kappa shape index (κ2) is 9.36. The zero-order chi connectivity index (χ0) is 22.1. The Kier molecular flexibility index (Phi) is 6.33. The Morgan fingerprint density at radius 1 is 1.00 bits per heavy atom. The largest absolute Gasteiger partial charge is 0.393 e. The fourth-order valence-electron chi connectivity index (χ4n) is 5.70. The topological polar surface area (TPSA) is 55.7 Å². The highest BCUT2D eigenvalue weighted by Crippen LogP contribution is 2.32. The van der Waals surface area contributed by atoms with Gasteiger partial charge < -0.3 is 14.9 Å². The third-order valence-electron chi connectivity index (χ3n) is 7.55. The average molecular weight is 436 g/mol. The second-order valence-electron chi connectivity index (χ2n) is 9.92. The van der Waals surface area contributed by atoms with Crippen LogP contribution in [-0.2, 0) is 13.0 Å². The molecule has 2 fully saturated rings. The number of likely N-dealkylation sites (tertiary alicyclic amines) is 1. The summed E-state index contributed by atoms with van der Waals surface area (Å²) in [6.45, 7) is 8.25. The highest BCUT2D eigenvalue weighted by atomic mass is 16.3. The summed E-state index contributed by atoms with van der Waals surface area (Å²) >= 11 is 0. The van der Waals surface area contributed by atoms with Crippen molar-refractivity contribution in [3.8, 4) is 0 Å².